The highest BCUT2D eigenvalue weighted by Gasteiger charge is 2.23. The molecule has 0 bridgehead atoms. The maximum atomic E-state index is 12.1. The molecule has 0 aliphatic heterocycles. The average Bonchev–Trinajstić information content (AvgIpc) is 2.84. The number of urea groups is 1. The van der Waals surface area contributed by atoms with Crippen molar-refractivity contribution in [3.63, 3.8) is 0 Å². The highest BCUT2D eigenvalue weighted by Crippen LogP contribution is 2.18. The molecule has 0 fully saturated rings. The van der Waals surface area contributed by atoms with Crippen LogP contribution in [0.3, 0.4) is 0 Å². The Morgan fingerprint density at radius 3 is 2.57 bits per heavy atom. The number of nitrogens with zero attached hydrogens (tertiary/aromatic N) is 2. The first-order valence-corrected chi connectivity index (χ1v) is 7.48. The van der Waals surface area contributed by atoms with E-state index in [0.717, 1.165) is 0 Å². The molecule has 0 saturated heterocycles. The maximum absolute atomic E-state index is 12.1. The van der Waals surface area contributed by atoms with Crippen LogP contribution in [0, 0.1) is 0 Å². The number of nitrogens with one attached hydrogen (secondary N) is 1. The van der Waals surface area contributed by atoms with E-state index in [1.807, 2.05) is 6.92 Å². The van der Waals surface area contributed by atoms with Crippen molar-refractivity contribution in [2.75, 3.05) is 13.1 Å². The Hall–Kier alpha value is -1.67. The van der Waals surface area contributed by atoms with E-state index >= 15 is 0 Å². The number of hydrogen-bond donors (Lipinski definition) is 3. The summed E-state index contributed by atoms with van der Waals surface area (Å²) in [5, 5.41) is 23.3. The van der Waals surface area contributed by atoms with Crippen LogP contribution in [0.25, 0.3) is 0 Å². The number of likely N-dealkylation sites (N-methyl/N-ethyl adjacent to an activating group) is 1. The second kappa shape index (κ2) is 6.86. The minimum absolute atomic E-state index is 0.0278. The molecule has 7 nitrogen and oxygen atoms in total. The number of rotatable bonds is 6. The first-order valence-electron chi connectivity index (χ1n) is 6.60. The van der Waals surface area contributed by atoms with Crippen molar-refractivity contribution < 1.29 is 19.8 Å². The molecule has 1 atom stereocenters. The number of aromatic carboxylic acids is 1. The molecule has 0 spiro atoms. The maximum Gasteiger partial charge on any atom is 0.355 e. The SMILES string of the molecule is CCN(CC(C)(C)O)C(=O)NC(C)c1nc(C(=O)O)cs1. The molecule has 0 saturated carbocycles. The number of amides is 2. The zero-order valence-electron chi connectivity index (χ0n) is 12.6. The zero-order chi connectivity index (χ0) is 16.2. The lowest BCUT2D eigenvalue weighted by Gasteiger charge is -2.29. The van der Waals surface area contributed by atoms with Crippen LogP contribution in [0.2, 0.25) is 0 Å². The van der Waals surface area contributed by atoms with Gasteiger partial charge in [-0.05, 0) is 27.7 Å². The van der Waals surface area contributed by atoms with Crippen molar-refractivity contribution in [2.24, 2.45) is 0 Å². The van der Waals surface area contributed by atoms with Gasteiger partial charge in [0.15, 0.2) is 5.69 Å². The monoisotopic (exact) mass is 315 g/mol. The lowest BCUT2D eigenvalue weighted by atomic mass is 10.1. The van der Waals surface area contributed by atoms with Gasteiger partial charge in [-0.2, -0.15) is 0 Å². The number of carboxylic acids is 1. The van der Waals surface area contributed by atoms with Crippen molar-refractivity contribution in [2.45, 2.75) is 39.3 Å². The van der Waals surface area contributed by atoms with E-state index in [-0.39, 0.29) is 18.3 Å². The third kappa shape index (κ3) is 5.31. The molecule has 0 aliphatic rings. The van der Waals surface area contributed by atoms with Gasteiger partial charge in [0.1, 0.15) is 5.01 Å². The summed E-state index contributed by atoms with van der Waals surface area (Å²) in [7, 11) is 0. The van der Waals surface area contributed by atoms with Gasteiger partial charge in [-0.3, -0.25) is 0 Å². The van der Waals surface area contributed by atoms with Crippen LogP contribution < -0.4 is 5.32 Å². The van der Waals surface area contributed by atoms with Crippen LogP contribution in [0.5, 0.6) is 0 Å². The molecule has 1 heterocycles. The van der Waals surface area contributed by atoms with E-state index in [1.165, 1.54) is 21.6 Å². The topological polar surface area (TPSA) is 103 Å². The summed E-state index contributed by atoms with van der Waals surface area (Å²) >= 11 is 1.19. The third-order valence-corrected chi connectivity index (χ3v) is 3.73. The Morgan fingerprint density at radius 2 is 2.14 bits per heavy atom. The van der Waals surface area contributed by atoms with Gasteiger partial charge in [0.25, 0.3) is 0 Å². The molecule has 0 aliphatic carbocycles. The van der Waals surface area contributed by atoms with Gasteiger partial charge < -0.3 is 20.4 Å². The van der Waals surface area contributed by atoms with Gasteiger partial charge in [0.05, 0.1) is 18.2 Å². The molecule has 1 aromatic heterocycles. The molecule has 1 unspecified atom stereocenters. The summed E-state index contributed by atoms with van der Waals surface area (Å²) in [6.45, 7) is 7.49. The number of carbonyl (C=O) groups is 2. The average molecular weight is 315 g/mol. The summed E-state index contributed by atoms with van der Waals surface area (Å²) < 4.78 is 0. The van der Waals surface area contributed by atoms with Crippen molar-refractivity contribution in [1.29, 1.82) is 0 Å². The van der Waals surface area contributed by atoms with E-state index in [1.54, 1.807) is 20.8 Å². The number of carboxylic acid groups (broad SMARTS) is 1. The minimum Gasteiger partial charge on any atom is -0.476 e. The van der Waals surface area contributed by atoms with Gasteiger partial charge in [-0.25, -0.2) is 14.6 Å². The van der Waals surface area contributed by atoms with E-state index in [0.29, 0.717) is 11.6 Å². The fourth-order valence-electron chi connectivity index (χ4n) is 1.72. The van der Waals surface area contributed by atoms with Gasteiger partial charge in [0.2, 0.25) is 0 Å². The van der Waals surface area contributed by atoms with E-state index in [2.05, 4.69) is 10.3 Å². The van der Waals surface area contributed by atoms with Gasteiger partial charge in [-0.1, -0.05) is 0 Å². The third-order valence-electron chi connectivity index (χ3n) is 2.70. The number of aliphatic hydroxyl groups is 1. The van der Waals surface area contributed by atoms with E-state index < -0.39 is 17.6 Å². The van der Waals surface area contributed by atoms with Gasteiger partial charge in [0, 0.05) is 11.9 Å². The fourth-order valence-corrected chi connectivity index (χ4v) is 2.52. The van der Waals surface area contributed by atoms with E-state index in [9.17, 15) is 14.7 Å². The lowest BCUT2D eigenvalue weighted by Crippen LogP contribution is -2.47. The summed E-state index contributed by atoms with van der Waals surface area (Å²) in [4.78, 5) is 28.4. The smallest absolute Gasteiger partial charge is 0.355 e. The Bertz CT molecular complexity index is 510. The van der Waals surface area contributed by atoms with Gasteiger partial charge in [-0.15, -0.1) is 11.3 Å². The molecular weight excluding hydrogens is 294 g/mol. The second-order valence-corrected chi connectivity index (χ2v) is 6.26. The Balaban J connectivity index is 2.69. The molecule has 0 radical (unpaired) electrons. The number of carbonyl (C=O) groups excluding carboxylic acids is 1. The van der Waals surface area contributed by atoms with Crippen molar-refractivity contribution in [1.82, 2.24) is 15.2 Å². The fraction of sp³-hybridized carbons (Fsp3) is 0.615. The predicted molar refractivity (Wildman–Crippen MR) is 79.6 cm³/mol. The summed E-state index contributed by atoms with van der Waals surface area (Å²) in [6, 6.07) is -0.717. The summed E-state index contributed by atoms with van der Waals surface area (Å²) in [6.07, 6.45) is 0. The van der Waals surface area contributed by atoms with Crippen molar-refractivity contribution >= 4 is 23.3 Å². The van der Waals surface area contributed by atoms with Crippen LogP contribution in [-0.2, 0) is 0 Å². The molecule has 2 amide bonds. The number of hydrogen-bond acceptors (Lipinski definition) is 5. The normalized spacial score (nSPS) is 12.8. The molecule has 3 N–H and O–H groups in total. The Morgan fingerprint density at radius 1 is 1.52 bits per heavy atom. The highest BCUT2D eigenvalue weighted by molar-refractivity contribution is 7.09. The van der Waals surface area contributed by atoms with E-state index in [4.69, 9.17) is 5.11 Å². The molecule has 0 aromatic carbocycles. The first-order chi connectivity index (χ1) is 9.64. The lowest BCUT2D eigenvalue weighted by molar-refractivity contribution is 0.0476. The number of aromatic nitrogens is 1. The quantitative estimate of drug-likeness (QED) is 0.741. The summed E-state index contributed by atoms with van der Waals surface area (Å²) in [5.74, 6) is -1.09. The van der Waals surface area contributed by atoms with Crippen LogP contribution in [0.4, 0.5) is 4.79 Å². The molecular formula is C13H21N3O4S. The summed E-state index contributed by atoms with van der Waals surface area (Å²) in [5.41, 5.74) is -1.01. The second-order valence-electron chi connectivity index (χ2n) is 5.37. The molecule has 8 heteroatoms. The highest BCUT2D eigenvalue weighted by atomic mass is 32.1. The largest absolute Gasteiger partial charge is 0.476 e. The van der Waals surface area contributed by atoms with Crippen LogP contribution in [0.15, 0.2) is 5.38 Å². The van der Waals surface area contributed by atoms with Crippen molar-refractivity contribution in [3.8, 4) is 0 Å². The predicted octanol–water partition coefficient (Wildman–Crippen LogP) is 1.70. The Labute approximate surface area is 127 Å². The number of thiazole rings is 1. The molecule has 1 aromatic rings. The van der Waals surface area contributed by atoms with Crippen molar-refractivity contribution in [3.05, 3.63) is 16.1 Å². The molecule has 1 rings (SSSR count). The van der Waals surface area contributed by atoms with Crippen LogP contribution >= 0.6 is 11.3 Å². The minimum atomic E-state index is -1.09. The first kappa shape index (κ1) is 17.4. The zero-order valence-corrected chi connectivity index (χ0v) is 13.4. The van der Waals surface area contributed by atoms with Gasteiger partial charge >= 0.3 is 12.0 Å². The molecule has 118 valence electrons. The Kier molecular flexibility index (Phi) is 5.68. The molecule has 21 heavy (non-hydrogen) atoms. The van der Waals surface area contributed by atoms with Crippen LogP contribution in [-0.4, -0.2) is 50.8 Å². The standard InChI is InChI=1S/C13H21N3O4S/c1-5-16(7-13(3,4)20)12(19)14-8(2)10-15-9(6-21-10)11(17)18/h6,8,20H,5,7H2,1-4H3,(H,14,19)(H,17,18). The van der Waals surface area contributed by atoms with Crippen LogP contribution in [0.1, 0.15) is 49.2 Å².